The number of thiophene rings is 1. The highest BCUT2D eigenvalue weighted by molar-refractivity contribution is 7.12. The lowest BCUT2D eigenvalue weighted by molar-refractivity contribution is -0.117. The summed E-state index contributed by atoms with van der Waals surface area (Å²) >= 11 is 1.36. The normalized spacial score (nSPS) is 12.8. The molecule has 1 aromatic heterocycles. The molecule has 1 saturated carbocycles. The standard InChI is InChI=1S/C23H21N3O3S/c1-26(23(29)20-10-5-13-30-20)19-9-3-2-8-18(19)22(28)25-17-7-4-6-16(14-17)24-21(27)15-11-12-15/h2-10,13-15H,11-12H2,1H3,(H,24,27)(H,25,28). The topological polar surface area (TPSA) is 78.5 Å². The van der Waals surface area contributed by atoms with E-state index in [1.807, 2.05) is 11.4 Å². The number of carbonyl (C=O) groups excluding carboxylic acids is 3. The minimum absolute atomic E-state index is 0.0116. The molecule has 4 rings (SSSR count). The number of benzene rings is 2. The van der Waals surface area contributed by atoms with E-state index in [1.165, 1.54) is 16.2 Å². The lowest BCUT2D eigenvalue weighted by atomic mass is 10.1. The summed E-state index contributed by atoms with van der Waals surface area (Å²) in [6, 6.07) is 17.6. The Bertz CT molecular complexity index is 1090. The average molecular weight is 420 g/mol. The van der Waals surface area contributed by atoms with Crippen molar-refractivity contribution in [3.8, 4) is 0 Å². The fraction of sp³-hybridized carbons (Fsp3) is 0.174. The number of nitrogens with zero attached hydrogens (tertiary/aromatic N) is 1. The molecule has 0 spiro atoms. The lowest BCUT2D eigenvalue weighted by Crippen LogP contribution is -2.28. The first-order valence-electron chi connectivity index (χ1n) is 9.66. The van der Waals surface area contributed by atoms with Crippen molar-refractivity contribution in [3.05, 3.63) is 76.5 Å². The van der Waals surface area contributed by atoms with E-state index in [4.69, 9.17) is 0 Å². The first kappa shape index (κ1) is 19.8. The van der Waals surface area contributed by atoms with Crippen molar-refractivity contribution < 1.29 is 14.4 Å². The van der Waals surface area contributed by atoms with Crippen LogP contribution in [0.2, 0.25) is 0 Å². The smallest absolute Gasteiger partial charge is 0.268 e. The summed E-state index contributed by atoms with van der Waals surface area (Å²) in [6.45, 7) is 0. The maximum absolute atomic E-state index is 13.0. The van der Waals surface area contributed by atoms with Crippen LogP contribution < -0.4 is 15.5 Å². The van der Waals surface area contributed by atoms with Crippen molar-refractivity contribution in [2.45, 2.75) is 12.8 Å². The maximum Gasteiger partial charge on any atom is 0.268 e. The highest BCUT2D eigenvalue weighted by Crippen LogP contribution is 2.30. The fourth-order valence-electron chi connectivity index (χ4n) is 3.10. The van der Waals surface area contributed by atoms with Crippen molar-refractivity contribution in [3.63, 3.8) is 0 Å². The number of anilines is 3. The third kappa shape index (κ3) is 4.41. The molecule has 2 aromatic carbocycles. The third-order valence-corrected chi connectivity index (χ3v) is 5.74. The Labute approximate surface area is 178 Å². The summed E-state index contributed by atoms with van der Waals surface area (Å²) in [4.78, 5) is 39.7. The van der Waals surface area contributed by atoms with Crippen molar-refractivity contribution in [1.82, 2.24) is 0 Å². The molecule has 0 radical (unpaired) electrons. The zero-order chi connectivity index (χ0) is 21.1. The monoisotopic (exact) mass is 419 g/mol. The quantitative estimate of drug-likeness (QED) is 0.612. The summed E-state index contributed by atoms with van der Waals surface area (Å²) in [6.07, 6.45) is 1.85. The number of para-hydroxylation sites is 1. The molecule has 0 saturated heterocycles. The van der Waals surface area contributed by atoms with Gasteiger partial charge >= 0.3 is 0 Å². The minimum atomic E-state index is -0.331. The van der Waals surface area contributed by atoms with Gasteiger partial charge in [-0.15, -0.1) is 11.3 Å². The Morgan fingerprint density at radius 2 is 1.67 bits per heavy atom. The summed E-state index contributed by atoms with van der Waals surface area (Å²) in [5, 5.41) is 7.58. The van der Waals surface area contributed by atoms with Gasteiger partial charge in [-0.05, 0) is 54.6 Å². The zero-order valence-corrected chi connectivity index (χ0v) is 17.2. The highest BCUT2D eigenvalue weighted by Gasteiger charge is 2.29. The Balaban J connectivity index is 1.51. The largest absolute Gasteiger partial charge is 0.326 e. The molecule has 152 valence electrons. The Morgan fingerprint density at radius 1 is 0.933 bits per heavy atom. The number of hydrogen-bond acceptors (Lipinski definition) is 4. The van der Waals surface area contributed by atoms with Crippen molar-refractivity contribution in [1.29, 1.82) is 0 Å². The van der Waals surface area contributed by atoms with E-state index in [2.05, 4.69) is 10.6 Å². The maximum atomic E-state index is 13.0. The molecule has 0 atom stereocenters. The van der Waals surface area contributed by atoms with E-state index in [0.717, 1.165) is 12.8 Å². The van der Waals surface area contributed by atoms with Crippen LogP contribution in [0.25, 0.3) is 0 Å². The number of amides is 3. The Kier molecular flexibility index (Phi) is 5.63. The van der Waals surface area contributed by atoms with Gasteiger partial charge in [0.2, 0.25) is 5.91 Å². The van der Waals surface area contributed by atoms with Crippen molar-refractivity contribution >= 4 is 46.1 Å². The second kappa shape index (κ2) is 8.51. The molecular formula is C23H21N3O3S. The van der Waals surface area contributed by atoms with Gasteiger partial charge in [-0.1, -0.05) is 24.3 Å². The van der Waals surface area contributed by atoms with Crippen LogP contribution in [0, 0.1) is 5.92 Å². The van der Waals surface area contributed by atoms with Crippen LogP contribution in [0.3, 0.4) is 0 Å². The molecule has 1 heterocycles. The molecule has 1 fully saturated rings. The van der Waals surface area contributed by atoms with Crippen molar-refractivity contribution in [2.75, 3.05) is 22.6 Å². The first-order chi connectivity index (χ1) is 14.5. The van der Waals surface area contributed by atoms with Crippen LogP contribution in [0.5, 0.6) is 0 Å². The third-order valence-electron chi connectivity index (χ3n) is 4.88. The predicted octanol–water partition coefficient (Wildman–Crippen LogP) is 4.63. The van der Waals surface area contributed by atoms with Gasteiger partial charge in [-0.2, -0.15) is 0 Å². The second-order valence-corrected chi connectivity index (χ2v) is 8.10. The van der Waals surface area contributed by atoms with E-state index in [0.29, 0.717) is 27.5 Å². The molecule has 0 bridgehead atoms. The van der Waals surface area contributed by atoms with Crippen LogP contribution in [-0.4, -0.2) is 24.8 Å². The minimum Gasteiger partial charge on any atom is -0.326 e. The Hall–Kier alpha value is -3.45. The number of nitrogens with one attached hydrogen (secondary N) is 2. The zero-order valence-electron chi connectivity index (χ0n) is 16.4. The molecule has 1 aliphatic rings. The molecule has 3 amide bonds. The molecule has 0 aliphatic heterocycles. The number of rotatable bonds is 6. The Morgan fingerprint density at radius 3 is 2.37 bits per heavy atom. The van der Waals surface area contributed by atoms with Crippen LogP contribution in [-0.2, 0) is 4.79 Å². The van der Waals surface area contributed by atoms with E-state index >= 15 is 0 Å². The second-order valence-electron chi connectivity index (χ2n) is 7.16. The summed E-state index contributed by atoms with van der Waals surface area (Å²) in [5.41, 5.74) is 2.11. The van der Waals surface area contributed by atoms with Gasteiger partial charge in [-0.3, -0.25) is 14.4 Å². The first-order valence-corrected chi connectivity index (χ1v) is 10.5. The van der Waals surface area contributed by atoms with E-state index < -0.39 is 0 Å². The van der Waals surface area contributed by atoms with E-state index in [1.54, 1.807) is 61.6 Å². The summed E-state index contributed by atoms with van der Waals surface area (Å²) < 4.78 is 0. The summed E-state index contributed by atoms with van der Waals surface area (Å²) in [7, 11) is 1.65. The molecule has 2 N–H and O–H groups in total. The van der Waals surface area contributed by atoms with Gasteiger partial charge in [0.1, 0.15) is 0 Å². The van der Waals surface area contributed by atoms with Gasteiger partial charge in [0.25, 0.3) is 11.8 Å². The van der Waals surface area contributed by atoms with Crippen LogP contribution in [0.4, 0.5) is 17.1 Å². The van der Waals surface area contributed by atoms with Gasteiger partial charge in [0.15, 0.2) is 0 Å². The molecule has 1 aliphatic carbocycles. The van der Waals surface area contributed by atoms with Gasteiger partial charge in [0.05, 0.1) is 16.1 Å². The molecular weight excluding hydrogens is 398 g/mol. The number of hydrogen-bond donors (Lipinski definition) is 2. The molecule has 6 nitrogen and oxygen atoms in total. The number of carbonyl (C=O) groups is 3. The highest BCUT2D eigenvalue weighted by atomic mass is 32.1. The molecule has 0 unspecified atom stereocenters. The molecule has 7 heteroatoms. The summed E-state index contributed by atoms with van der Waals surface area (Å²) in [5.74, 6) is -0.388. The molecule has 3 aromatic rings. The van der Waals surface area contributed by atoms with E-state index in [9.17, 15) is 14.4 Å². The lowest BCUT2D eigenvalue weighted by Gasteiger charge is -2.20. The van der Waals surface area contributed by atoms with Gasteiger partial charge in [-0.25, -0.2) is 0 Å². The van der Waals surface area contributed by atoms with Gasteiger partial charge in [0, 0.05) is 24.3 Å². The van der Waals surface area contributed by atoms with Crippen LogP contribution >= 0.6 is 11.3 Å². The molecule has 30 heavy (non-hydrogen) atoms. The SMILES string of the molecule is CN(C(=O)c1cccs1)c1ccccc1C(=O)Nc1cccc(NC(=O)C2CC2)c1. The van der Waals surface area contributed by atoms with Crippen LogP contribution in [0.15, 0.2) is 66.0 Å². The van der Waals surface area contributed by atoms with Crippen molar-refractivity contribution in [2.24, 2.45) is 5.92 Å². The van der Waals surface area contributed by atoms with E-state index in [-0.39, 0.29) is 23.6 Å². The van der Waals surface area contributed by atoms with Crippen LogP contribution in [0.1, 0.15) is 32.9 Å². The average Bonchev–Trinajstić information content (AvgIpc) is 3.47. The van der Waals surface area contributed by atoms with Gasteiger partial charge < -0.3 is 15.5 Å². The predicted molar refractivity (Wildman–Crippen MR) is 119 cm³/mol. The fourth-order valence-corrected chi connectivity index (χ4v) is 3.79.